The molecule has 2 aromatic rings. The van der Waals surface area contributed by atoms with Gasteiger partial charge in [0.05, 0.1) is 10.5 Å². The van der Waals surface area contributed by atoms with Crippen molar-refractivity contribution in [3.8, 4) is 0 Å². The Hall–Kier alpha value is -1.35. The van der Waals surface area contributed by atoms with Gasteiger partial charge in [0.1, 0.15) is 0 Å². The third-order valence-corrected chi connectivity index (χ3v) is 2.11. The van der Waals surface area contributed by atoms with E-state index in [4.69, 9.17) is 11.6 Å². The molecule has 66 valence electrons. The molecule has 2 nitrogen and oxygen atoms in total. The first-order valence-electron chi connectivity index (χ1n) is 3.65. The van der Waals surface area contributed by atoms with Gasteiger partial charge in [0.25, 0.3) is 0 Å². The quantitative estimate of drug-likeness (QED) is 0.691. The highest BCUT2D eigenvalue weighted by atomic mass is 35.5. The van der Waals surface area contributed by atoms with E-state index in [9.17, 15) is 9.18 Å². The largest absolute Gasteiger partial charge is 0.359 e. The molecule has 0 amide bonds. The third-order valence-electron chi connectivity index (χ3n) is 1.82. The van der Waals surface area contributed by atoms with Gasteiger partial charge in [-0.3, -0.25) is 4.79 Å². The first kappa shape index (κ1) is 8.26. The number of hydrogen-bond acceptors (Lipinski definition) is 1. The maximum atomic E-state index is 13.3. The van der Waals surface area contributed by atoms with Crippen molar-refractivity contribution in [3.05, 3.63) is 45.5 Å². The first-order chi connectivity index (χ1) is 6.20. The maximum Gasteiger partial charge on any atom is 0.189 e. The number of nitrogens with one attached hydrogen (secondary N) is 1. The number of rotatable bonds is 0. The SMILES string of the molecule is O=c1cc[nH]c2c(F)c(Cl)ccc12. The van der Waals surface area contributed by atoms with Crippen molar-refractivity contribution < 1.29 is 4.39 Å². The van der Waals surface area contributed by atoms with E-state index in [1.165, 1.54) is 24.4 Å². The molecular formula is C9H5ClFNO. The molecule has 0 aliphatic rings. The Labute approximate surface area is 78.0 Å². The van der Waals surface area contributed by atoms with Crippen molar-refractivity contribution in [1.29, 1.82) is 0 Å². The van der Waals surface area contributed by atoms with E-state index in [0.717, 1.165) is 0 Å². The normalized spacial score (nSPS) is 10.6. The van der Waals surface area contributed by atoms with E-state index in [1.54, 1.807) is 0 Å². The van der Waals surface area contributed by atoms with Crippen LogP contribution in [0.3, 0.4) is 0 Å². The summed E-state index contributed by atoms with van der Waals surface area (Å²) in [6, 6.07) is 4.21. The Morgan fingerprint density at radius 3 is 2.85 bits per heavy atom. The Kier molecular flexibility index (Phi) is 1.81. The molecule has 0 saturated carbocycles. The highest BCUT2D eigenvalue weighted by molar-refractivity contribution is 6.31. The van der Waals surface area contributed by atoms with E-state index < -0.39 is 5.82 Å². The monoisotopic (exact) mass is 197 g/mol. The van der Waals surface area contributed by atoms with Gasteiger partial charge in [0.15, 0.2) is 11.2 Å². The smallest absolute Gasteiger partial charge is 0.189 e. The van der Waals surface area contributed by atoms with Crippen molar-refractivity contribution >= 4 is 22.5 Å². The molecule has 0 aliphatic carbocycles. The van der Waals surface area contributed by atoms with Gasteiger partial charge in [-0.15, -0.1) is 0 Å². The minimum Gasteiger partial charge on any atom is -0.359 e. The second-order valence-electron chi connectivity index (χ2n) is 2.63. The van der Waals surface area contributed by atoms with E-state index in [0.29, 0.717) is 5.39 Å². The van der Waals surface area contributed by atoms with Crippen LogP contribution in [0.2, 0.25) is 5.02 Å². The van der Waals surface area contributed by atoms with Crippen LogP contribution in [0.1, 0.15) is 0 Å². The van der Waals surface area contributed by atoms with E-state index in [1.807, 2.05) is 0 Å². The van der Waals surface area contributed by atoms with Crippen LogP contribution in [0.4, 0.5) is 4.39 Å². The fraction of sp³-hybridized carbons (Fsp3) is 0. The maximum absolute atomic E-state index is 13.3. The lowest BCUT2D eigenvalue weighted by atomic mass is 10.2. The molecule has 0 bridgehead atoms. The molecule has 1 aromatic heterocycles. The van der Waals surface area contributed by atoms with Gasteiger partial charge >= 0.3 is 0 Å². The van der Waals surface area contributed by atoms with Crippen LogP contribution in [-0.2, 0) is 0 Å². The Morgan fingerprint density at radius 2 is 2.08 bits per heavy atom. The number of aromatic amines is 1. The second-order valence-corrected chi connectivity index (χ2v) is 3.03. The number of pyridine rings is 1. The molecule has 1 N–H and O–H groups in total. The van der Waals surface area contributed by atoms with Crippen molar-refractivity contribution in [2.24, 2.45) is 0 Å². The van der Waals surface area contributed by atoms with Gasteiger partial charge in [-0.05, 0) is 12.1 Å². The molecule has 0 radical (unpaired) electrons. The molecule has 0 spiro atoms. The number of hydrogen-bond donors (Lipinski definition) is 1. The van der Waals surface area contributed by atoms with Gasteiger partial charge in [0, 0.05) is 17.6 Å². The van der Waals surface area contributed by atoms with Crippen LogP contribution in [0.5, 0.6) is 0 Å². The summed E-state index contributed by atoms with van der Waals surface area (Å²) in [5.41, 5.74) is -0.0654. The topological polar surface area (TPSA) is 32.9 Å². The molecule has 1 heterocycles. The summed E-state index contributed by atoms with van der Waals surface area (Å²) in [4.78, 5) is 13.9. The van der Waals surface area contributed by atoms with E-state index in [2.05, 4.69) is 4.98 Å². The van der Waals surface area contributed by atoms with Gasteiger partial charge in [-0.2, -0.15) is 0 Å². The van der Waals surface area contributed by atoms with Gasteiger partial charge in [-0.25, -0.2) is 4.39 Å². The minimum atomic E-state index is -0.586. The summed E-state index contributed by atoms with van der Waals surface area (Å²) >= 11 is 5.54. The van der Waals surface area contributed by atoms with Crippen molar-refractivity contribution in [1.82, 2.24) is 4.98 Å². The molecule has 4 heteroatoms. The Balaban J connectivity index is 3.03. The molecule has 13 heavy (non-hydrogen) atoms. The lowest BCUT2D eigenvalue weighted by Crippen LogP contribution is -2.01. The zero-order chi connectivity index (χ0) is 9.42. The molecule has 0 atom stereocenters. The molecule has 0 saturated heterocycles. The molecular weight excluding hydrogens is 193 g/mol. The van der Waals surface area contributed by atoms with E-state index >= 15 is 0 Å². The first-order valence-corrected chi connectivity index (χ1v) is 4.03. The molecule has 2 rings (SSSR count). The molecule has 1 aromatic carbocycles. The Bertz CT molecular complexity index is 520. The standard InChI is InChI=1S/C9H5ClFNO/c10-6-2-1-5-7(13)3-4-12-9(5)8(6)11/h1-4H,(H,12,13). The zero-order valence-electron chi connectivity index (χ0n) is 6.47. The lowest BCUT2D eigenvalue weighted by molar-refractivity contribution is 0.637. The molecule has 0 unspecified atom stereocenters. The Morgan fingerprint density at radius 1 is 1.31 bits per heavy atom. The number of H-pyrrole nitrogens is 1. The predicted octanol–water partition coefficient (Wildman–Crippen LogP) is 2.32. The number of aromatic nitrogens is 1. The fourth-order valence-electron chi connectivity index (χ4n) is 1.19. The highest BCUT2D eigenvalue weighted by Crippen LogP contribution is 2.20. The minimum absolute atomic E-state index is 0.00866. The summed E-state index contributed by atoms with van der Waals surface area (Å²) < 4.78 is 13.3. The van der Waals surface area contributed by atoms with Crippen LogP contribution in [0.15, 0.2) is 29.2 Å². The number of fused-ring (bicyclic) bond motifs is 1. The average molecular weight is 198 g/mol. The lowest BCUT2D eigenvalue weighted by Gasteiger charge is -1.99. The summed E-state index contributed by atoms with van der Waals surface area (Å²) in [5, 5.41) is 0.318. The summed E-state index contributed by atoms with van der Waals surface area (Å²) in [7, 11) is 0. The fourth-order valence-corrected chi connectivity index (χ4v) is 1.35. The van der Waals surface area contributed by atoms with Crippen molar-refractivity contribution in [2.45, 2.75) is 0 Å². The number of benzene rings is 1. The van der Waals surface area contributed by atoms with Gasteiger partial charge in [0.2, 0.25) is 0 Å². The summed E-state index contributed by atoms with van der Waals surface area (Å²) in [6.45, 7) is 0. The van der Waals surface area contributed by atoms with Crippen LogP contribution < -0.4 is 5.43 Å². The van der Waals surface area contributed by atoms with Gasteiger partial charge in [-0.1, -0.05) is 11.6 Å². The second kappa shape index (κ2) is 2.85. The van der Waals surface area contributed by atoms with Crippen LogP contribution >= 0.6 is 11.6 Å². The molecule has 0 fully saturated rings. The predicted molar refractivity (Wildman–Crippen MR) is 49.5 cm³/mol. The summed E-state index contributed by atoms with van der Waals surface area (Å²) in [6.07, 6.45) is 1.39. The van der Waals surface area contributed by atoms with E-state index in [-0.39, 0.29) is 16.0 Å². The zero-order valence-corrected chi connectivity index (χ0v) is 7.23. The van der Waals surface area contributed by atoms with Crippen molar-refractivity contribution in [3.63, 3.8) is 0 Å². The van der Waals surface area contributed by atoms with Crippen LogP contribution in [0, 0.1) is 5.82 Å². The third kappa shape index (κ3) is 1.21. The molecule has 0 aliphatic heterocycles. The summed E-state index contributed by atoms with van der Waals surface area (Å²) in [5.74, 6) is -0.586. The highest BCUT2D eigenvalue weighted by Gasteiger charge is 2.06. The van der Waals surface area contributed by atoms with Crippen LogP contribution in [0.25, 0.3) is 10.9 Å². The number of halogens is 2. The van der Waals surface area contributed by atoms with Crippen molar-refractivity contribution in [2.75, 3.05) is 0 Å². The van der Waals surface area contributed by atoms with Crippen LogP contribution in [-0.4, -0.2) is 4.98 Å². The average Bonchev–Trinajstić information content (AvgIpc) is 2.12. The van der Waals surface area contributed by atoms with Gasteiger partial charge < -0.3 is 4.98 Å².